The molecule has 0 saturated heterocycles. The maximum atomic E-state index is 14.0. The van der Waals surface area contributed by atoms with Gasteiger partial charge in [-0.1, -0.05) is 28.1 Å². The van der Waals surface area contributed by atoms with E-state index in [9.17, 15) is 14.4 Å². The normalized spacial score (nSPS) is 12.1. The van der Waals surface area contributed by atoms with Crippen molar-refractivity contribution in [1.29, 1.82) is 0 Å². The smallest absolute Gasteiger partial charge is 0.419 e. The van der Waals surface area contributed by atoms with Crippen LogP contribution in [0, 0.1) is 0 Å². The van der Waals surface area contributed by atoms with Crippen LogP contribution in [0.15, 0.2) is 59.5 Å². The van der Waals surface area contributed by atoms with Gasteiger partial charge >= 0.3 is 6.09 Å². The first-order valence-electron chi connectivity index (χ1n) is 14.2. The summed E-state index contributed by atoms with van der Waals surface area (Å²) in [5.74, 6) is 1.26. The molecule has 2 aromatic heterocycles. The Kier molecular flexibility index (Phi) is 8.46. The number of carbonyl (C=O) groups excluding carboxylic acids is 2. The summed E-state index contributed by atoms with van der Waals surface area (Å²) in [5.41, 5.74) is 7.80. The number of benzene rings is 3. The zero-order valence-electron chi connectivity index (χ0n) is 24.6. The lowest BCUT2D eigenvalue weighted by molar-refractivity contribution is -0.116. The number of rotatable bonds is 9. The first-order chi connectivity index (χ1) is 21.8. The Morgan fingerprint density at radius 2 is 1.82 bits per heavy atom. The monoisotopic (exact) mass is 675 g/mol. The summed E-state index contributed by atoms with van der Waals surface area (Å²) < 4.78 is 24.1. The van der Waals surface area contributed by atoms with Gasteiger partial charge in [0.15, 0.2) is 23.0 Å². The highest BCUT2D eigenvalue weighted by Crippen LogP contribution is 2.40. The summed E-state index contributed by atoms with van der Waals surface area (Å²) in [4.78, 5) is 45.8. The fourth-order valence-corrected chi connectivity index (χ4v) is 5.70. The number of anilines is 2. The van der Waals surface area contributed by atoms with Gasteiger partial charge in [0.1, 0.15) is 0 Å². The van der Waals surface area contributed by atoms with E-state index in [0.717, 1.165) is 0 Å². The van der Waals surface area contributed by atoms with Crippen LogP contribution < -0.4 is 40.5 Å². The second-order valence-corrected chi connectivity index (χ2v) is 11.1. The molecule has 12 nitrogen and oxygen atoms in total. The lowest BCUT2D eigenvalue weighted by Crippen LogP contribution is -2.30. The first kappa shape index (κ1) is 30.2. The number of nitrogens with one attached hydrogen (secondary N) is 1. The first-order valence-corrected chi connectivity index (χ1v) is 15.3. The number of para-hydroxylation sites is 2. The highest BCUT2D eigenvalue weighted by molar-refractivity contribution is 9.09. The Labute approximate surface area is 265 Å². The molecule has 3 N–H and O–H groups in total. The molecule has 1 aliphatic rings. The van der Waals surface area contributed by atoms with Gasteiger partial charge in [0.25, 0.3) is 5.56 Å². The SMILES string of the molecule is COc1cc2c(cc1OC(=O)N(C)c1ccccc1NC(=O)CCCBr)c(=O)n(CCN)c1c3cc4c(cc3ncc21)OCO4. The third-order valence-corrected chi connectivity index (χ3v) is 8.13. The molecule has 2 amide bonds. The minimum Gasteiger partial charge on any atom is -0.493 e. The number of methoxy groups -OCH3 is 1. The number of hydrogen-bond donors (Lipinski definition) is 2. The third kappa shape index (κ3) is 5.60. The van der Waals surface area contributed by atoms with Crippen LogP contribution >= 0.6 is 15.9 Å². The van der Waals surface area contributed by atoms with Crippen LogP contribution in [0.5, 0.6) is 23.0 Å². The van der Waals surface area contributed by atoms with E-state index in [4.69, 9.17) is 24.7 Å². The molecular weight excluding hydrogens is 646 g/mol. The quantitative estimate of drug-likeness (QED) is 0.160. The number of hydrogen-bond acceptors (Lipinski definition) is 9. The van der Waals surface area contributed by atoms with Crippen molar-refractivity contribution >= 4 is 71.9 Å². The summed E-state index contributed by atoms with van der Waals surface area (Å²) >= 11 is 3.33. The van der Waals surface area contributed by atoms with Crippen molar-refractivity contribution in [3.8, 4) is 23.0 Å². The summed E-state index contributed by atoms with van der Waals surface area (Å²) in [6.45, 7) is 0.554. The van der Waals surface area contributed by atoms with Gasteiger partial charge in [0.05, 0.1) is 34.9 Å². The summed E-state index contributed by atoms with van der Waals surface area (Å²) in [6, 6.07) is 13.7. The highest BCUT2D eigenvalue weighted by Gasteiger charge is 2.23. The lowest BCUT2D eigenvalue weighted by atomic mass is 10.0. The molecule has 0 spiro atoms. The Balaban J connectivity index is 1.42. The van der Waals surface area contributed by atoms with Gasteiger partial charge in [0.2, 0.25) is 12.7 Å². The van der Waals surface area contributed by atoms with E-state index in [0.29, 0.717) is 73.6 Å². The van der Waals surface area contributed by atoms with E-state index < -0.39 is 6.09 Å². The molecule has 0 aliphatic carbocycles. The molecule has 45 heavy (non-hydrogen) atoms. The van der Waals surface area contributed by atoms with Crippen LogP contribution in [0.3, 0.4) is 0 Å². The number of alkyl halides is 1. The van der Waals surface area contributed by atoms with E-state index in [1.54, 1.807) is 47.2 Å². The molecule has 5 aromatic rings. The summed E-state index contributed by atoms with van der Waals surface area (Å²) in [5, 5.41) is 5.81. The predicted octanol–water partition coefficient (Wildman–Crippen LogP) is 5.15. The summed E-state index contributed by atoms with van der Waals surface area (Å²) in [6.07, 6.45) is 1.94. The number of carbonyl (C=O) groups is 2. The Morgan fingerprint density at radius 1 is 1.07 bits per heavy atom. The molecule has 0 atom stereocenters. The van der Waals surface area contributed by atoms with Crippen LogP contribution in [0.25, 0.3) is 32.6 Å². The molecule has 3 heterocycles. The molecule has 0 bridgehead atoms. The number of halogens is 1. The lowest BCUT2D eigenvalue weighted by Gasteiger charge is -2.21. The van der Waals surface area contributed by atoms with E-state index in [1.807, 2.05) is 6.07 Å². The molecule has 0 unspecified atom stereocenters. The zero-order valence-corrected chi connectivity index (χ0v) is 26.2. The molecule has 0 radical (unpaired) electrons. The molecule has 3 aromatic carbocycles. The zero-order chi connectivity index (χ0) is 31.7. The van der Waals surface area contributed by atoms with Crippen LogP contribution in [0.1, 0.15) is 12.8 Å². The fourth-order valence-electron chi connectivity index (χ4n) is 5.42. The van der Waals surface area contributed by atoms with E-state index in [2.05, 4.69) is 26.2 Å². The molecule has 0 saturated carbocycles. The maximum absolute atomic E-state index is 14.0. The van der Waals surface area contributed by atoms with Crippen molar-refractivity contribution in [2.45, 2.75) is 19.4 Å². The number of fused-ring (bicyclic) bond motifs is 6. The largest absolute Gasteiger partial charge is 0.493 e. The average Bonchev–Trinajstić information content (AvgIpc) is 3.51. The van der Waals surface area contributed by atoms with Crippen LogP contribution in [-0.2, 0) is 11.3 Å². The van der Waals surface area contributed by atoms with Gasteiger partial charge < -0.3 is 34.6 Å². The Morgan fingerprint density at radius 3 is 2.58 bits per heavy atom. The second kappa shape index (κ2) is 12.6. The van der Waals surface area contributed by atoms with Crippen molar-refractivity contribution in [2.24, 2.45) is 5.73 Å². The van der Waals surface area contributed by atoms with Crippen molar-refractivity contribution in [1.82, 2.24) is 9.55 Å². The van der Waals surface area contributed by atoms with Gasteiger partial charge in [-0.05, 0) is 36.8 Å². The molecule has 1 aliphatic heterocycles. The minimum absolute atomic E-state index is 0.0496. The Hall–Kier alpha value is -4.88. The van der Waals surface area contributed by atoms with Gasteiger partial charge in [-0.2, -0.15) is 0 Å². The fraction of sp³-hybridized carbons (Fsp3) is 0.250. The van der Waals surface area contributed by atoms with Crippen molar-refractivity contribution in [3.05, 3.63) is 65.1 Å². The minimum atomic E-state index is -0.749. The molecule has 0 fully saturated rings. The van der Waals surface area contributed by atoms with Crippen molar-refractivity contribution < 1.29 is 28.5 Å². The topological polar surface area (TPSA) is 147 Å². The third-order valence-electron chi connectivity index (χ3n) is 7.57. The maximum Gasteiger partial charge on any atom is 0.419 e. The van der Waals surface area contributed by atoms with Crippen molar-refractivity contribution in [2.75, 3.05) is 43.0 Å². The standard InChI is InChI=1S/C32H30BrN5O7/c1-37(24-7-4-3-6-22(24)36-29(39)8-5-9-33)32(41)45-28-13-19-18(12-25(28)42-2)21-16-35-23-15-27-26(43-17-44-27)14-20(23)30(21)38(11-10-34)31(19)40/h3-4,6-7,12-16H,5,8-11,17,34H2,1-2H3,(H,36,39). The number of ether oxygens (including phenoxy) is 4. The number of nitrogens with zero attached hydrogens (tertiary/aromatic N) is 3. The molecular formula is C32H30BrN5O7. The summed E-state index contributed by atoms with van der Waals surface area (Å²) in [7, 11) is 2.98. The Bertz CT molecular complexity index is 2030. The number of amides is 2. The average molecular weight is 677 g/mol. The van der Waals surface area contributed by atoms with Gasteiger partial charge in [0, 0.05) is 60.3 Å². The number of nitrogens with two attached hydrogens (primary N) is 1. The van der Waals surface area contributed by atoms with Gasteiger partial charge in [-0.25, -0.2) is 4.79 Å². The van der Waals surface area contributed by atoms with Crippen LogP contribution in [0.4, 0.5) is 16.2 Å². The van der Waals surface area contributed by atoms with Gasteiger partial charge in [-0.15, -0.1) is 0 Å². The van der Waals surface area contributed by atoms with Crippen LogP contribution in [-0.4, -0.2) is 54.4 Å². The van der Waals surface area contributed by atoms with Gasteiger partial charge in [-0.3, -0.25) is 19.5 Å². The predicted molar refractivity (Wildman–Crippen MR) is 175 cm³/mol. The number of pyridine rings is 2. The molecule has 6 rings (SSSR count). The van der Waals surface area contributed by atoms with Crippen LogP contribution in [0.2, 0.25) is 0 Å². The van der Waals surface area contributed by atoms with E-state index >= 15 is 0 Å². The molecule has 13 heteroatoms. The second-order valence-electron chi connectivity index (χ2n) is 10.3. The highest BCUT2D eigenvalue weighted by atomic mass is 79.9. The van der Waals surface area contributed by atoms with Crippen molar-refractivity contribution in [3.63, 3.8) is 0 Å². The van der Waals surface area contributed by atoms with E-state index in [-0.39, 0.29) is 42.8 Å². The number of aromatic nitrogens is 2. The molecule has 232 valence electrons. The van der Waals surface area contributed by atoms with E-state index in [1.165, 1.54) is 25.1 Å².